The molecular weight excluding hydrogens is 378 g/mol. The molecule has 3 aromatic rings. The lowest BCUT2D eigenvalue weighted by atomic mass is 10.1. The number of rotatable bonds is 5. The molecule has 0 fully saturated rings. The molecule has 0 bridgehead atoms. The summed E-state index contributed by atoms with van der Waals surface area (Å²) in [7, 11) is 0. The van der Waals surface area contributed by atoms with Crippen LogP contribution in [0.2, 0.25) is 0 Å². The van der Waals surface area contributed by atoms with Gasteiger partial charge in [0, 0.05) is 22.8 Å². The molecule has 2 aromatic carbocycles. The third kappa shape index (κ3) is 4.45. The monoisotopic (exact) mass is 395 g/mol. The summed E-state index contributed by atoms with van der Waals surface area (Å²) in [6, 6.07) is 19.2. The standard InChI is InChI=1S/C20H18BrN3O/c1-14-6-2-3-7-16(14)13-23-20(25)15-10-11-22-19(12-15)24-18-9-5-4-8-17(18)21/h2-12H,13H2,1H3,(H,22,24)(H,23,25). The normalized spacial score (nSPS) is 10.3. The maximum absolute atomic E-state index is 12.4. The van der Waals surface area contributed by atoms with Gasteiger partial charge in [0.15, 0.2) is 0 Å². The lowest BCUT2D eigenvalue weighted by Gasteiger charge is -2.10. The summed E-state index contributed by atoms with van der Waals surface area (Å²) in [5.74, 6) is 0.497. The second kappa shape index (κ2) is 7.94. The van der Waals surface area contributed by atoms with Gasteiger partial charge in [0.05, 0.1) is 5.69 Å². The van der Waals surface area contributed by atoms with E-state index in [0.717, 1.165) is 21.3 Å². The first-order valence-corrected chi connectivity index (χ1v) is 8.73. The first kappa shape index (κ1) is 17.2. The van der Waals surface area contributed by atoms with Gasteiger partial charge in [0.2, 0.25) is 0 Å². The summed E-state index contributed by atoms with van der Waals surface area (Å²) in [5, 5.41) is 6.17. The van der Waals surface area contributed by atoms with Crippen molar-refractivity contribution >= 4 is 33.3 Å². The van der Waals surface area contributed by atoms with Crippen molar-refractivity contribution in [3.63, 3.8) is 0 Å². The number of anilines is 2. The van der Waals surface area contributed by atoms with Crippen LogP contribution in [-0.2, 0) is 6.54 Å². The van der Waals surface area contributed by atoms with Crippen LogP contribution in [0.3, 0.4) is 0 Å². The Bertz CT molecular complexity index is 895. The molecule has 0 saturated carbocycles. The SMILES string of the molecule is Cc1ccccc1CNC(=O)c1ccnc(Nc2ccccc2Br)c1. The number of pyridine rings is 1. The first-order valence-electron chi connectivity index (χ1n) is 7.94. The molecule has 1 amide bonds. The Hall–Kier alpha value is -2.66. The minimum Gasteiger partial charge on any atom is -0.348 e. The first-order chi connectivity index (χ1) is 12.1. The fourth-order valence-corrected chi connectivity index (χ4v) is 2.81. The Morgan fingerprint density at radius 1 is 1.08 bits per heavy atom. The largest absolute Gasteiger partial charge is 0.348 e. The molecule has 3 rings (SSSR count). The number of aromatic nitrogens is 1. The molecule has 0 unspecified atom stereocenters. The number of nitrogens with one attached hydrogen (secondary N) is 2. The molecule has 1 aromatic heterocycles. The molecular formula is C20H18BrN3O. The third-order valence-electron chi connectivity index (χ3n) is 3.86. The molecule has 4 nitrogen and oxygen atoms in total. The van der Waals surface area contributed by atoms with Gasteiger partial charge < -0.3 is 10.6 Å². The van der Waals surface area contributed by atoms with E-state index < -0.39 is 0 Å². The highest BCUT2D eigenvalue weighted by molar-refractivity contribution is 9.10. The van der Waals surface area contributed by atoms with Gasteiger partial charge in [-0.25, -0.2) is 4.98 Å². The number of hydrogen-bond acceptors (Lipinski definition) is 3. The Morgan fingerprint density at radius 3 is 2.64 bits per heavy atom. The van der Waals surface area contributed by atoms with Crippen LogP contribution in [0.4, 0.5) is 11.5 Å². The average molecular weight is 396 g/mol. The predicted molar refractivity (Wildman–Crippen MR) is 104 cm³/mol. The third-order valence-corrected chi connectivity index (χ3v) is 4.55. The zero-order chi connectivity index (χ0) is 17.6. The van der Waals surface area contributed by atoms with Crippen LogP contribution in [0.5, 0.6) is 0 Å². The van der Waals surface area contributed by atoms with Gasteiger partial charge in [-0.2, -0.15) is 0 Å². The Kier molecular flexibility index (Phi) is 5.46. The summed E-state index contributed by atoms with van der Waals surface area (Å²) < 4.78 is 0.936. The Labute approximate surface area is 155 Å². The predicted octanol–water partition coefficient (Wildman–Crippen LogP) is 4.83. The Morgan fingerprint density at radius 2 is 1.84 bits per heavy atom. The quantitative estimate of drug-likeness (QED) is 0.650. The second-order valence-corrected chi connectivity index (χ2v) is 6.50. The second-order valence-electron chi connectivity index (χ2n) is 5.64. The van der Waals surface area contributed by atoms with Gasteiger partial charge in [-0.05, 0) is 58.2 Å². The minimum absolute atomic E-state index is 0.124. The van der Waals surface area contributed by atoms with E-state index in [1.54, 1.807) is 18.3 Å². The van der Waals surface area contributed by atoms with Crippen LogP contribution < -0.4 is 10.6 Å². The molecule has 5 heteroatoms. The number of benzene rings is 2. The number of amides is 1. The highest BCUT2D eigenvalue weighted by Gasteiger charge is 2.08. The van der Waals surface area contributed by atoms with E-state index in [2.05, 4.69) is 31.5 Å². The molecule has 0 atom stereocenters. The van der Waals surface area contributed by atoms with Crippen LogP contribution in [0.1, 0.15) is 21.5 Å². The maximum Gasteiger partial charge on any atom is 0.251 e. The van der Waals surface area contributed by atoms with Crippen LogP contribution in [-0.4, -0.2) is 10.9 Å². The molecule has 1 heterocycles. The fraction of sp³-hybridized carbons (Fsp3) is 0.100. The van der Waals surface area contributed by atoms with Crippen LogP contribution >= 0.6 is 15.9 Å². The summed E-state index contributed by atoms with van der Waals surface area (Å²) >= 11 is 3.49. The minimum atomic E-state index is -0.124. The molecule has 25 heavy (non-hydrogen) atoms. The van der Waals surface area contributed by atoms with Crippen LogP contribution in [0, 0.1) is 6.92 Å². The molecule has 0 aliphatic heterocycles. The number of carbonyl (C=O) groups excluding carboxylic acids is 1. The maximum atomic E-state index is 12.4. The number of carbonyl (C=O) groups is 1. The molecule has 2 N–H and O–H groups in total. The van der Waals surface area contributed by atoms with Crippen molar-refractivity contribution in [1.29, 1.82) is 0 Å². The van der Waals surface area contributed by atoms with Crippen molar-refractivity contribution in [1.82, 2.24) is 10.3 Å². The Balaban J connectivity index is 1.69. The molecule has 0 aliphatic rings. The average Bonchev–Trinajstić information content (AvgIpc) is 2.63. The van der Waals surface area contributed by atoms with Crippen LogP contribution in [0.15, 0.2) is 71.3 Å². The van der Waals surface area contributed by atoms with E-state index in [0.29, 0.717) is 17.9 Å². The van der Waals surface area contributed by atoms with Gasteiger partial charge in [-0.15, -0.1) is 0 Å². The van der Waals surface area contributed by atoms with Crippen molar-refractivity contribution in [2.45, 2.75) is 13.5 Å². The van der Waals surface area contributed by atoms with E-state index in [4.69, 9.17) is 0 Å². The summed E-state index contributed by atoms with van der Waals surface area (Å²) in [5.41, 5.74) is 3.73. The van der Waals surface area contributed by atoms with Crippen molar-refractivity contribution in [2.75, 3.05) is 5.32 Å². The summed E-state index contributed by atoms with van der Waals surface area (Å²) in [6.07, 6.45) is 1.63. The number of para-hydroxylation sites is 1. The van der Waals surface area contributed by atoms with Crippen molar-refractivity contribution in [3.05, 3.63) is 88.0 Å². The molecule has 0 aliphatic carbocycles. The number of aryl methyl sites for hydroxylation is 1. The van der Waals surface area contributed by atoms with Gasteiger partial charge in [-0.1, -0.05) is 36.4 Å². The highest BCUT2D eigenvalue weighted by atomic mass is 79.9. The molecule has 0 saturated heterocycles. The molecule has 0 spiro atoms. The van der Waals surface area contributed by atoms with E-state index >= 15 is 0 Å². The van der Waals surface area contributed by atoms with E-state index in [1.165, 1.54) is 0 Å². The van der Waals surface area contributed by atoms with Gasteiger partial charge in [0.25, 0.3) is 5.91 Å². The zero-order valence-electron chi connectivity index (χ0n) is 13.8. The van der Waals surface area contributed by atoms with Crippen molar-refractivity contribution in [3.8, 4) is 0 Å². The van der Waals surface area contributed by atoms with E-state index in [-0.39, 0.29) is 5.91 Å². The van der Waals surface area contributed by atoms with Gasteiger partial charge in [-0.3, -0.25) is 4.79 Å². The zero-order valence-corrected chi connectivity index (χ0v) is 15.4. The number of nitrogens with zero attached hydrogens (tertiary/aromatic N) is 1. The topological polar surface area (TPSA) is 54.0 Å². The lowest BCUT2D eigenvalue weighted by molar-refractivity contribution is 0.0951. The summed E-state index contributed by atoms with van der Waals surface area (Å²) in [6.45, 7) is 2.54. The van der Waals surface area contributed by atoms with Crippen LogP contribution in [0.25, 0.3) is 0 Å². The smallest absolute Gasteiger partial charge is 0.251 e. The van der Waals surface area contributed by atoms with E-state index in [9.17, 15) is 4.79 Å². The molecule has 0 radical (unpaired) electrons. The lowest BCUT2D eigenvalue weighted by Crippen LogP contribution is -2.23. The van der Waals surface area contributed by atoms with Crippen molar-refractivity contribution < 1.29 is 4.79 Å². The molecule has 126 valence electrons. The van der Waals surface area contributed by atoms with Gasteiger partial charge in [0.1, 0.15) is 5.82 Å². The van der Waals surface area contributed by atoms with Gasteiger partial charge >= 0.3 is 0 Å². The number of hydrogen-bond donors (Lipinski definition) is 2. The highest BCUT2D eigenvalue weighted by Crippen LogP contribution is 2.24. The van der Waals surface area contributed by atoms with E-state index in [1.807, 2.05) is 55.5 Å². The van der Waals surface area contributed by atoms with Crippen molar-refractivity contribution in [2.24, 2.45) is 0 Å². The number of halogens is 1. The summed E-state index contributed by atoms with van der Waals surface area (Å²) in [4.78, 5) is 16.7. The fourth-order valence-electron chi connectivity index (χ4n) is 2.43.